The minimum atomic E-state index is -0.205. The molecule has 166 valence electrons. The molecule has 0 aliphatic carbocycles. The lowest BCUT2D eigenvalue weighted by atomic mass is 9.76. The van der Waals surface area contributed by atoms with E-state index in [-0.39, 0.29) is 17.7 Å². The molecule has 4 aromatic rings. The van der Waals surface area contributed by atoms with Crippen molar-refractivity contribution in [2.45, 2.75) is 43.2 Å². The van der Waals surface area contributed by atoms with Gasteiger partial charge in [-0.2, -0.15) is 4.98 Å². The number of likely N-dealkylation sites (N-methyl/N-ethyl adjacent to an activating group) is 1. The van der Waals surface area contributed by atoms with Gasteiger partial charge in [0.05, 0.1) is 5.92 Å². The summed E-state index contributed by atoms with van der Waals surface area (Å²) in [5.41, 5.74) is 4.32. The van der Waals surface area contributed by atoms with Gasteiger partial charge in [-0.25, -0.2) is 4.39 Å². The number of fused-ring (bicyclic) bond motifs is 2. The van der Waals surface area contributed by atoms with Crippen LogP contribution in [0.2, 0.25) is 0 Å². The van der Waals surface area contributed by atoms with Gasteiger partial charge in [0.15, 0.2) is 0 Å². The zero-order valence-electron chi connectivity index (χ0n) is 18.6. The van der Waals surface area contributed by atoms with Crippen LogP contribution in [0.25, 0.3) is 22.5 Å². The van der Waals surface area contributed by atoms with Gasteiger partial charge in [-0.05, 0) is 61.1 Å². The Morgan fingerprint density at radius 3 is 2.39 bits per heavy atom. The molecule has 0 spiro atoms. The van der Waals surface area contributed by atoms with E-state index in [9.17, 15) is 4.39 Å². The first-order valence-electron chi connectivity index (χ1n) is 11.6. The van der Waals surface area contributed by atoms with Gasteiger partial charge in [0.25, 0.3) is 0 Å². The summed E-state index contributed by atoms with van der Waals surface area (Å²) < 4.78 is 19.6. The van der Waals surface area contributed by atoms with Crippen molar-refractivity contribution < 1.29 is 8.91 Å². The number of nitrogens with zero attached hydrogens (tertiary/aromatic N) is 3. The highest BCUT2D eigenvalue weighted by atomic mass is 19.1. The quantitative estimate of drug-likeness (QED) is 0.375. The molecular formula is C28H26FN3O. The van der Waals surface area contributed by atoms with Crippen molar-refractivity contribution in [2.75, 3.05) is 7.05 Å². The van der Waals surface area contributed by atoms with Crippen LogP contribution in [0.5, 0.6) is 0 Å². The lowest BCUT2D eigenvalue weighted by molar-refractivity contribution is 0.120. The lowest BCUT2D eigenvalue weighted by Crippen LogP contribution is -2.44. The van der Waals surface area contributed by atoms with Crippen molar-refractivity contribution in [3.8, 4) is 22.5 Å². The monoisotopic (exact) mass is 439 g/mol. The third-order valence-electron chi connectivity index (χ3n) is 7.55. The van der Waals surface area contributed by atoms with E-state index in [0.29, 0.717) is 23.8 Å². The van der Waals surface area contributed by atoms with Crippen LogP contribution in [0.4, 0.5) is 4.39 Å². The normalized spacial score (nSPS) is 24.8. The second kappa shape index (κ2) is 8.23. The summed E-state index contributed by atoms with van der Waals surface area (Å²) in [6.45, 7) is 0. The van der Waals surface area contributed by atoms with E-state index in [0.717, 1.165) is 35.1 Å². The first-order chi connectivity index (χ1) is 16.2. The number of hydrogen-bond acceptors (Lipinski definition) is 4. The number of halogens is 1. The molecule has 2 aliphatic rings. The maximum absolute atomic E-state index is 13.6. The molecular weight excluding hydrogens is 413 g/mol. The van der Waals surface area contributed by atoms with Crippen LogP contribution in [-0.4, -0.2) is 34.2 Å². The van der Waals surface area contributed by atoms with Gasteiger partial charge in [-0.1, -0.05) is 71.9 Å². The van der Waals surface area contributed by atoms with Gasteiger partial charge in [0.1, 0.15) is 5.82 Å². The summed E-state index contributed by atoms with van der Waals surface area (Å²) in [6, 6.07) is 26.3. The Bertz CT molecular complexity index is 1250. The lowest BCUT2D eigenvalue weighted by Gasteiger charge is -2.41. The Labute approximate surface area is 193 Å². The van der Waals surface area contributed by atoms with E-state index in [1.165, 1.54) is 6.42 Å². The van der Waals surface area contributed by atoms with Gasteiger partial charge in [-0.3, -0.25) is 4.90 Å². The van der Waals surface area contributed by atoms with Crippen LogP contribution in [-0.2, 0) is 0 Å². The molecule has 33 heavy (non-hydrogen) atoms. The molecule has 0 amide bonds. The second-order valence-corrected chi connectivity index (χ2v) is 9.25. The van der Waals surface area contributed by atoms with Gasteiger partial charge >= 0.3 is 0 Å². The Morgan fingerprint density at radius 2 is 1.61 bits per heavy atom. The molecule has 6 rings (SSSR count). The molecule has 1 aromatic heterocycles. The molecule has 2 saturated heterocycles. The van der Waals surface area contributed by atoms with E-state index in [1.54, 1.807) is 12.1 Å². The van der Waals surface area contributed by atoms with Crippen molar-refractivity contribution in [1.82, 2.24) is 15.0 Å². The molecule has 0 N–H and O–H groups in total. The minimum Gasteiger partial charge on any atom is -0.339 e. The fourth-order valence-electron chi connectivity index (χ4n) is 5.88. The van der Waals surface area contributed by atoms with E-state index >= 15 is 0 Å². The summed E-state index contributed by atoms with van der Waals surface area (Å²) in [5.74, 6) is 1.41. The van der Waals surface area contributed by atoms with Crippen LogP contribution in [0.1, 0.15) is 42.6 Å². The largest absolute Gasteiger partial charge is 0.339 e. The molecule has 3 aromatic carbocycles. The van der Waals surface area contributed by atoms with Crippen molar-refractivity contribution in [2.24, 2.45) is 0 Å². The van der Waals surface area contributed by atoms with Crippen molar-refractivity contribution in [3.63, 3.8) is 0 Å². The standard InChI is InChI=1S/C28H26FN3O/c1-32-21-15-16-25(32)26(24(17-21)19-11-13-20(29)14-12-19)28-30-27(31-33-28)23-10-6-5-9-22(23)18-7-3-2-4-8-18/h2-14,21,24-26H,15-17H2,1H3/t21?,24-,25-,26-/m1/s1. The van der Waals surface area contributed by atoms with Gasteiger partial charge in [0.2, 0.25) is 11.7 Å². The maximum Gasteiger partial charge on any atom is 0.232 e. The van der Waals surface area contributed by atoms with Gasteiger partial charge in [-0.15, -0.1) is 0 Å². The zero-order chi connectivity index (χ0) is 22.4. The van der Waals surface area contributed by atoms with Crippen LogP contribution in [0.3, 0.4) is 0 Å². The van der Waals surface area contributed by atoms with E-state index in [1.807, 2.05) is 48.5 Å². The molecule has 2 bridgehead atoms. The summed E-state index contributed by atoms with van der Waals surface area (Å²) in [6.07, 6.45) is 3.30. The molecule has 4 atom stereocenters. The summed E-state index contributed by atoms with van der Waals surface area (Å²) in [5, 5.41) is 4.43. The molecule has 0 radical (unpaired) electrons. The van der Waals surface area contributed by atoms with Crippen LogP contribution >= 0.6 is 0 Å². The topological polar surface area (TPSA) is 42.2 Å². The van der Waals surface area contributed by atoms with Crippen molar-refractivity contribution in [3.05, 3.63) is 96.1 Å². The molecule has 2 fully saturated rings. The average molecular weight is 440 g/mol. The molecule has 2 aliphatic heterocycles. The number of hydrogen-bond donors (Lipinski definition) is 0. The highest BCUT2D eigenvalue weighted by Crippen LogP contribution is 2.50. The highest BCUT2D eigenvalue weighted by Gasteiger charge is 2.48. The number of aromatic nitrogens is 2. The number of rotatable bonds is 4. The van der Waals surface area contributed by atoms with Crippen LogP contribution in [0.15, 0.2) is 83.4 Å². The summed E-state index contributed by atoms with van der Waals surface area (Å²) in [4.78, 5) is 7.43. The van der Waals surface area contributed by atoms with E-state index in [2.05, 4.69) is 35.3 Å². The van der Waals surface area contributed by atoms with E-state index < -0.39 is 0 Å². The minimum absolute atomic E-state index is 0.0874. The van der Waals surface area contributed by atoms with Crippen molar-refractivity contribution in [1.29, 1.82) is 0 Å². The van der Waals surface area contributed by atoms with Crippen LogP contribution < -0.4 is 0 Å². The third kappa shape index (κ3) is 3.57. The Morgan fingerprint density at radius 1 is 0.879 bits per heavy atom. The Balaban J connectivity index is 1.40. The summed E-state index contributed by atoms with van der Waals surface area (Å²) >= 11 is 0. The number of benzene rings is 3. The predicted octanol–water partition coefficient (Wildman–Crippen LogP) is 6.28. The first-order valence-corrected chi connectivity index (χ1v) is 11.6. The second-order valence-electron chi connectivity index (χ2n) is 9.25. The van der Waals surface area contributed by atoms with E-state index in [4.69, 9.17) is 9.51 Å². The maximum atomic E-state index is 13.6. The highest BCUT2D eigenvalue weighted by molar-refractivity contribution is 5.80. The van der Waals surface area contributed by atoms with Gasteiger partial charge < -0.3 is 4.52 Å². The Kier molecular flexibility index (Phi) is 5.07. The molecule has 1 unspecified atom stereocenters. The molecule has 4 nitrogen and oxygen atoms in total. The molecule has 3 heterocycles. The Hall–Kier alpha value is -3.31. The number of piperidine rings is 1. The fourth-order valence-corrected chi connectivity index (χ4v) is 5.88. The molecule has 5 heteroatoms. The van der Waals surface area contributed by atoms with Crippen molar-refractivity contribution >= 4 is 0 Å². The molecule has 0 saturated carbocycles. The average Bonchev–Trinajstić information content (AvgIpc) is 3.42. The first kappa shape index (κ1) is 20.3. The SMILES string of the molecule is CN1C2CC[C@@H]1[C@H](c1nc(-c3ccccc3-c3ccccc3)no1)[C@@H](c1ccc(F)cc1)C2. The smallest absolute Gasteiger partial charge is 0.232 e. The zero-order valence-corrected chi connectivity index (χ0v) is 18.6. The fraction of sp³-hybridized carbons (Fsp3) is 0.286. The predicted molar refractivity (Wildman–Crippen MR) is 126 cm³/mol. The van der Waals surface area contributed by atoms with Gasteiger partial charge in [0, 0.05) is 17.6 Å². The van der Waals surface area contributed by atoms with Crippen LogP contribution in [0, 0.1) is 5.82 Å². The summed E-state index contributed by atoms with van der Waals surface area (Å²) in [7, 11) is 2.21. The third-order valence-corrected chi connectivity index (χ3v) is 7.55.